The van der Waals surface area contributed by atoms with Crippen molar-refractivity contribution >= 4 is 5.91 Å². The molecule has 3 aromatic rings. The summed E-state index contributed by atoms with van der Waals surface area (Å²) < 4.78 is 6.11. The molecule has 5 heteroatoms. The van der Waals surface area contributed by atoms with Crippen LogP contribution in [0.5, 0.6) is 5.75 Å². The first-order chi connectivity index (χ1) is 18.0. The molecule has 1 aromatic heterocycles. The summed E-state index contributed by atoms with van der Waals surface area (Å²) in [7, 11) is 0. The third-order valence-electron chi connectivity index (χ3n) is 9.50. The van der Waals surface area contributed by atoms with Crippen LogP contribution in [0, 0.1) is 23.2 Å². The van der Waals surface area contributed by atoms with E-state index >= 15 is 0 Å². The van der Waals surface area contributed by atoms with Gasteiger partial charge in [0.2, 0.25) is 5.91 Å². The number of amides is 1. The molecule has 0 bridgehead atoms. The van der Waals surface area contributed by atoms with E-state index in [2.05, 4.69) is 47.6 Å². The molecule has 2 N–H and O–H groups in total. The maximum Gasteiger partial charge on any atom is 0.226 e. The number of pyridine rings is 1. The third-order valence-corrected chi connectivity index (χ3v) is 9.50. The number of aliphatic hydroxyl groups is 1. The van der Waals surface area contributed by atoms with Crippen LogP contribution in [0.3, 0.4) is 0 Å². The first-order valence-corrected chi connectivity index (χ1v) is 13.7. The van der Waals surface area contributed by atoms with Crippen molar-refractivity contribution < 1.29 is 14.6 Å². The summed E-state index contributed by atoms with van der Waals surface area (Å²) in [5.74, 6) is 1.94. The lowest BCUT2D eigenvalue weighted by atomic mass is 9.55. The number of nitrogens with zero attached hydrogens (tertiary/aromatic N) is 1. The highest BCUT2D eigenvalue weighted by Crippen LogP contribution is 2.62. The average Bonchev–Trinajstić information content (AvgIpc) is 3.22. The van der Waals surface area contributed by atoms with E-state index in [1.165, 1.54) is 16.7 Å². The highest BCUT2D eigenvalue weighted by molar-refractivity contribution is 5.80. The van der Waals surface area contributed by atoms with Gasteiger partial charge in [0.15, 0.2) is 0 Å². The van der Waals surface area contributed by atoms with E-state index in [1.807, 2.05) is 30.3 Å². The number of fused-ring (bicyclic) bond motifs is 5. The van der Waals surface area contributed by atoms with E-state index in [9.17, 15) is 9.90 Å². The van der Waals surface area contributed by atoms with Crippen molar-refractivity contribution in [3.8, 4) is 5.75 Å². The second-order valence-corrected chi connectivity index (χ2v) is 11.5. The van der Waals surface area contributed by atoms with Crippen molar-refractivity contribution in [2.24, 2.45) is 23.2 Å². The maximum atomic E-state index is 13.2. The molecule has 1 heterocycles. The zero-order chi connectivity index (χ0) is 25.4. The minimum atomic E-state index is -0.592. The summed E-state index contributed by atoms with van der Waals surface area (Å²) in [4.78, 5) is 17.2. The van der Waals surface area contributed by atoms with Gasteiger partial charge in [0.1, 0.15) is 12.4 Å². The van der Waals surface area contributed by atoms with Gasteiger partial charge < -0.3 is 15.2 Å². The van der Waals surface area contributed by atoms with Gasteiger partial charge in [-0.05, 0) is 102 Å². The molecule has 6 unspecified atom stereocenters. The Bertz CT molecular complexity index is 1250. The molecule has 2 fully saturated rings. The van der Waals surface area contributed by atoms with Gasteiger partial charge in [0.25, 0.3) is 0 Å². The van der Waals surface area contributed by atoms with Crippen molar-refractivity contribution in [1.29, 1.82) is 0 Å². The molecular weight excluding hydrogens is 460 g/mol. The molecule has 2 aromatic carbocycles. The zero-order valence-corrected chi connectivity index (χ0v) is 21.5. The van der Waals surface area contributed by atoms with Crippen LogP contribution in [0.2, 0.25) is 0 Å². The Morgan fingerprint density at radius 2 is 1.89 bits per heavy atom. The summed E-state index contributed by atoms with van der Waals surface area (Å²) >= 11 is 0. The lowest BCUT2D eigenvalue weighted by molar-refractivity contribution is -0.129. The van der Waals surface area contributed by atoms with E-state index in [0.29, 0.717) is 30.9 Å². The van der Waals surface area contributed by atoms with Crippen LogP contribution >= 0.6 is 0 Å². The third kappa shape index (κ3) is 4.54. The quantitative estimate of drug-likeness (QED) is 0.478. The van der Waals surface area contributed by atoms with E-state index < -0.39 is 6.10 Å². The SMILES string of the molecule is CC12CCC3c4ccc(OCc5ccccc5)cc4CCC3C1CC(C(=O)NCc1ccncc1)C2O. The number of aryl methyl sites for hydroxylation is 1. The Labute approximate surface area is 219 Å². The molecule has 5 nitrogen and oxygen atoms in total. The van der Waals surface area contributed by atoms with Crippen molar-refractivity contribution in [1.82, 2.24) is 10.3 Å². The molecule has 0 saturated heterocycles. The molecule has 2 saturated carbocycles. The second kappa shape index (κ2) is 9.94. The smallest absolute Gasteiger partial charge is 0.226 e. The van der Waals surface area contributed by atoms with E-state index in [0.717, 1.165) is 43.4 Å². The van der Waals surface area contributed by atoms with Gasteiger partial charge in [-0.15, -0.1) is 0 Å². The van der Waals surface area contributed by atoms with Crippen LogP contribution in [0.1, 0.15) is 60.8 Å². The number of hydrogen-bond donors (Lipinski definition) is 2. The standard InChI is InChI=1S/C32H36N2O3/c1-32-14-11-26-25-10-8-24(37-20-22-5-3-2-4-6-22)17-23(25)7-9-27(26)29(32)18-28(30(32)35)31(36)34-19-21-12-15-33-16-13-21/h2-6,8,10,12-13,15-17,26-30,35H,7,9,11,14,18-20H2,1H3,(H,34,36). The van der Waals surface area contributed by atoms with Crippen LogP contribution in [0.25, 0.3) is 0 Å². The Morgan fingerprint density at radius 1 is 1.08 bits per heavy atom. The first-order valence-electron chi connectivity index (χ1n) is 13.7. The fourth-order valence-corrected chi connectivity index (χ4v) is 7.48. The number of aromatic nitrogens is 1. The highest BCUT2D eigenvalue weighted by Gasteiger charge is 2.59. The molecule has 0 radical (unpaired) electrons. The van der Waals surface area contributed by atoms with Gasteiger partial charge in [0.05, 0.1) is 12.0 Å². The lowest BCUT2D eigenvalue weighted by Gasteiger charge is -2.50. The number of benzene rings is 2. The number of carbonyl (C=O) groups is 1. The Kier molecular flexibility index (Phi) is 6.49. The van der Waals surface area contributed by atoms with Gasteiger partial charge in [0, 0.05) is 18.9 Å². The number of aliphatic hydroxyl groups excluding tert-OH is 1. The largest absolute Gasteiger partial charge is 0.489 e. The molecular formula is C32H36N2O3. The van der Waals surface area contributed by atoms with Gasteiger partial charge in [-0.1, -0.05) is 43.3 Å². The minimum absolute atomic E-state index is 0.0205. The van der Waals surface area contributed by atoms with Crippen LogP contribution < -0.4 is 10.1 Å². The minimum Gasteiger partial charge on any atom is -0.489 e. The van der Waals surface area contributed by atoms with E-state index in [1.54, 1.807) is 12.4 Å². The van der Waals surface area contributed by atoms with Gasteiger partial charge in [-0.25, -0.2) is 0 Å². The Hall–Kier alpha value is -3.18. The topological polar surface area (TPSA) is 71.5 Å². The summed E-state index contributed by atoms with van der Waals surface area (Å²) in [5, 5.41) is 14.5. The number of carbonyl (C=O) groups excluding carboxylic acids is 1. The van der Waals surface area contributed by atoms with Gasteiger partial charge in [-0.3, -0.25) is 9.78 Å². The summed E-state index contributed by atoms with van der Waals surface area (Å²) in [6, 6.07) is 20.7. The zero-order valence-electron chi connectivity index (χ0n) is 21.5. The first kappa shape index (κ1) is 24.2. The molecule has 3 aliphatic rings. The van der Waals surface area contributed by atoms with Crippen molar-refractivity contribution in [3.63, 3.8) is 0 Å². The molecule has 6 rings (SSSR count). The van der Waals surface area contributed by atoms with Crippen LogP contribution in [0.4, 0.5) is 0 Å². The summed E-state index contributed by atoms with van der Waals surface area (Å²) in [5.41, 5.74) is 4.85. The van der Waals surface area contributed by atoms with Crippen LogP contribution in [-0.2, 0) is 24.4 Å². The molecule has 0 aliphatic heterocycles. The molecule has 0 spiro atoms. The Balaban J connectivity index is 1.15. The molecule has 6 atom stereocenters. The molecule has 37 heavy (non-hydrogen) atoms. The maximum absolute atomic E-state index is 13.2. The summed E-state index contributed by atoms with van der Waals surface area (Å²) in [6.07, 6.45) is 7.82. The number of hydrogen-bond acceptors (Lipinski definition) is 4. The fourth-order valence-electron chi connectivity index (χ4n) is 7.48. The predicted molar refractivity (Wildman–Crippen MR) is 143 cm³/mol. The second-order valence-electron chi connectivity index (χ2n) is 11.5. The molecule has 1 amide bonds. The van der Waals surface area contributed by atoms with Gasteiger partial charge in [-0.2, -0.15) is 0 Å². The molecule has 3 aliphatic carbocycles. The molecule has 192 valence electrons. The fraction of sp³-hybridized carbons (Fsp3) is 0.438. The summed E-state index contributed by atoms with van der Waals surface area (Å²) in [6.45, 7) is 3.28. The number of rotatable bonds is 6. The average molecular weight is 497 g/mol. The van der Waals surface area contributed by atoms with E-state index in [4.69, 9.17) is 4.74 Å². The Morgan fingerprint density at radius 3 is 2.70 bits per heavy atom. The monoisotopic (exact) mass is 496 g/mol. The van der Waals surface area contributed by atoms with Crippen LogP contribution in [0.15, 0.2) is 73.1 Å². The predicted octanol–water partition coefficient (Wildman–Crippen LogP) is 5.42. The van der Waals surface area contributed by atoms with Crippen molar-refractivity contribution in [2.45, 2.75) is 64.2 Å². The normalized spacial score (nSPS) is 30.1. The van der Waals surface area contributed by atoms with Crippen molar-refractivity contribution in [2.75, 3.05) is 0 Å². The van der Waals surface area contributed by atoms with Crippen molar-refractivity contribution in [3.05, 3.63) is 95.3 Å². The van der Waals surface area contributed by atoms with E-state index in [-0.39, 0.29) is 17.2 Å². The highest BCUT2D eigenvalue weighted by atomic mass is 16.5. The number of nitrogens with one attached hydrogen (secondary N) is 1. The van der Waals surface area contributed by atoms with Crippen LogP contribution in [-0.4, -0.2) is 22.1 Å². The number of ether oxygens (including phenoxy) is 1. The lowest BCUT2D eigenvalue weighted by Crippen LogP contribution is -2.45. The van der Waals surface area contributed by atoms with Gasteiger partial charge >= 0.3 is 0 Å².